The molecular weight excluding hydrogens is 138 g/mol. The number of aryl methyl sites for hydroxylation is 1. The first-order chi connectivity index (χ1) is 5.33. The van der Waals surface area contributed by atoms with E-state index in [2.05, 4.69) is 4.99 Å². The van der Waals surface area contributed by atoms with Gasteiger partial charge < -0.3 is 4.42 Å². The van der Waals surface area contributed by atoms with Gasteiger partial charge in [0.25, 0.3) is 0 Å². The van der Waals surface area contributed by atoms with Crippen LogP contribution < -0.4 is 0 Å². The van der Waals surface area contributed by atoms with Crippen molar-refractivity contribution >= 4 is 6.21 Å². The molecule has 11 heavy (non-hydrogen) atoms. The average Bonchev–Trinajstić information content (AvgIpc) is 2.41. The summed E-state index contributed by atoms with van der Waals surface area (Å²) in [5.74, 6) is 1.74. The lowest BCUT2D eigenvalue weighted by Crippen LogP contribution is -1.70. The zero-order valence-corrected chi connectivity index (χ0v) is 7.59. The van der Waals surface area contributed by atoms with E-state index in [9.17, 15) is 0 Å². The molecule has 0 N–H and O–H groups in total. The Morgan fingerprint density at radius 2 is 2.00 bits per heavy atom. The number of aliphatic imine (C=N–C) groups is 1. The summed E-state index contributed by atoms with van der Waals surface area (Å²) in [4.78, 5) is 3.80. The molecule has 0 aliphatic rings. The van der Waals surface area contributed by atoms with Crippen molar-refractivity contribution in [2.45, 2.75) is 20.8 Å². The van der Waals surface area contributed by atoms with Crippen molar-refractivity contribution in [2.75, 3.05) is 7.05 Å². The Morgan fingerprint density at radius 1 is 1.36 bits per heavy atom. The van der Waals surface area contributed by atoms with Gasteiger partial charge in [0.2, 0.25) is 0 Å². The predicted octanol–water partition coefficient (Wildman–Crippen LogP) is 2.66. The Bertz CT molecular complexity index is 213. The lowest BCUT2D eigenvalue weighted by molar-refractivity contribution is 0.528. The van der Waals surface area contributed by atoms with Crippen molar-refractivity contribution in [1.82, 2.24) is 0 Å². The third kappa shape index (κ3) is 3.61. The van der Waals surface area contributed by atoms with Gasteiger partial charge in [-0.3, -0.25) is 4.99 Å². The molecule has 1 aromatic heterocycles. The van der Waals surface area contributed by atoms with E-state index >= 15 is 0 Å². The Morgan fingerprint density at radius 3 is 2.36 bits per heavy atom. The van der Waals surface area contributed by atoms with Gasteiger partial charge in [-0.2, -0.15) is 0 Å². The Kier molecular flexibility index (Phi) is 5.17. The van der Waals surface area contributed by atoms with Gasteiger partial charge in [-0.15, -0.1) is 0 Å². The van der Waals surface area contributed by atoms with E-state index in [1.165, 1.54) is 0 Å². The summed E-state index contributed by atoms with van der Waals surface area (Å²) in [6.07, 6.45) is 1.69. The average molecular weight is 153 g/mol. The first-order valence-electron chi connectivity index (χ1n) is 3.81. The van der Waals surface area contributed by atoms with Crippen molar-refractivity contribution in [3.8, 4) is 0 Å². The second-order valence-electron chi connectivity index (χ2n) is 1.84. The van der Waals surface area contributed by atoms with Crippen molar-refractivity contribution in [1.29, 1.82) is 0 Å². The second-order valence-corrected chi connectivity index (χ2v) is 1.84. The zero-order valence-electron chi connectivity index (χ0n) is 7.59. The van der Waals surface area contributed by atoms with Gasteiger partial charge in [-0.05, 0) is 19.1 Å². The van der Waals surface area contributed by atoms with Gasteiger partial charge in [-0.1, -0.05) is 13.8 Å². The Hall–Kier alpha value is -1.05. The van der Waals surface area contributed by atoms with Crippen LogP contribution in [0.15, 0.2) is 21.5 Å². The number of furan rings is 1. The van der Waals surface area contributed by atoms with E-state index in [0.717, 1.165) is 11.5 Å². The molecule has 0 spiro atoms. The summed E-state index contributed by atoms with van der Waals surface area (Å²) in [6, 6.07) is 3.80. The van der Waals surface area contributed by atoms with Crippen LogP contribution in [0, 0.1) is 6.92 Å². The van der Waals surface area contributed by atoms with Gasteiger partial charge in [-0.25, -0.2) is 0 Å². The fourth-order valence-electron chi connectivity index (χ4n) is 0.650. The molecule has 1 heterocycles. The number of hydrogen-bond donors (Lipinski definition) is 0. The van der Waals surface area contributed by atoms with E-state index in [1.807, 2.05) is 32.9 Å². The molecule has 0 saturated carbocycles. The fourth-order valence-corrected chi connectivity index (χ4v) is 0.650. The van der Waals surface area contributed by atoms with Crippen molar-refractivity contribution in [3.05, 3.63) is 23.7 Å². The van der Waals surface area contributed by atoms with Crippen molar-refractivity contribution < 1.29 is 4.42 Å². The number of hydrogen-bond acceptors (Lipinski definition) is 2. The molecule has 62 valence electrons. The van der Waals surface area contributed by atoms with Gasteiger partial charge in [0.1, 0.15) is 11.5 Å². The normalized spacial score (nSPS) is 9.45. The maximum atomic E-state index is 5.17. The quantitative estimate of drug-likeness (QED) is 0.569. The Labute approximate surface area is 68.0 Å². The molecule has 0 atom stereocenters. The summed E-state index contributed by atoms with van der Waals surface area (Å²) in [5.41, 5.74) is 0. The van der Waals surface area contributed by atoms with Crippen molar-refractivity contribution in [3.63, 3.8) is 0 Å². The molecule has 0 aliphatic carbocycles. The van der Waals surface area contributed by atoms with Crippen LogP contribution in [0.1, 0.15) is 25.4 Å². The van der Waals surface area contributed by atoms with Crippen LogP contribution in [0.5, 0.6) is 0 Å². The first kappa shape index (κ1) is 9.95. The molecule has 0 aromatic carbocycles. The third-order valence-corrected chi connectivity index (χ3v) is 1.02. The molecule has 0 saturated heterocycles. The molecule has 0 amide bonds. The first-order valence-corrected chi connectivity index (χ1v) is 3.81. The van der Waals surface area contributed by atoms with Crippen LogP contribution in [-0.2, 0) is 0 Å². The summed E-state index contributed by atoms with van der Waals surface area (Å²) < 4.78 is 5.17. The van der Waals surface area contributed by atoms with Crippen molar-refractivity contribution in [2.24, 2.45) is 4.99 Å². The maximum absolute atomic E-state index is 5.17. The summed E-state index contributed by atoms with van der Waals surface area (Å²) in [5, 5.41) is 0. The minimum Gasteiger partial charge on any atom is -0.460 e. The highest BCUT2D eigenvalue weighted by Gasteiger charge is 1.90. The largest absolute Gasteiger partial charge is 0.460 e. The molecular formula is C9H15NO. The molecule has 2 heteroatoms. The van der Waals surface area contributed by atoms with Crippen LogP contribution in [-0.4, -0.2) is 13.3 Å². The summed E-state index contributed by atoms with van der Waals surface area (Å²) >= 11 is 0. The highest BCUT2D eigenvalue weighted by atomic mass is 16.3. The van der Waals surface area contributed by atoms with E-state index < -0.39 is 0 Å². The van der Waals surface area contributed by atoms with Crippen LogP contribution in [0.2, 0.25) is 0 Å². The number of rotatable bonds is 1. The van der Waals surface area contributed by atoms with Gasteiger partial charge >= 0.3 is 0 Å². The number of nitrogens with zero attached hydrogens (tertiary/aromatic N) is 1. The topological polar surface area (TPSA) is 25.5 Å². The van der Waals surface area contributed by atoms with Gasteiger partial charge in [0, 0.05) is 7.05 Å². The minimum atomic E-state index is 0.815. The Balaban J connectivity index is 0.000000461. The summed E-state index contributed by atoms with van der Waals surface area (Å²) in [7, 11) is 1.72. The molecule has 0 fully saturated rings. The molecule has 0 aliphatic heterocycles. The monoisotopic (exact) mass is 153 g/mol. The predicted molar refractivity (Wildman–Crippen MR) is 48.3 cm³/mol. The van der Waals surface area contributed by atoms with E-state index in [-0.39, 0.29) is 0 Å². The molecule has 0 bridgehead atoms. The second kappa shape index (κ2) is 5.71. The van der Waals surface area contributed by atoms with E-state index in [1.54, 1.807) is 13.3 Å². The molecule has 0 radical (unpaired) electrons. The standard InChI is InChI=1S/C7H9NO.C2H6/c1-6-3-4-7(9-6)5-8-2;1-2/h3-5H,1-2H3;1-2H3. The SMILES string of the molecule is CC.CN=Cc1ccc(C)o1. The summed E-state index contributed by atoms with van der Waals surface area (Å²) in [6.45, 7) is 5.91. The lowest BCUT2D eigenvalue weighted by atomic mass is 10.4. The smallest absolute Gasteiger partial charge is 0.144 e. The van der Waals surface area contributed by atoms with E-state index in [0.29, 0.717) is 0 Å². The highest BCUT2D eigenvalue weighted by molar-refractivity contribution is 5.75. The van der Waals surface area contributed by atoms with Gasteiger partial charge in [0.15, 0.2) is 0 Å². The fraction of sp³-hybridized carbons (Fsp3) is 0.444. The van der Waals surface area contributed by atoms with Gasteiger partial charge in [0.05, 0.1) is 6.21 Å². The third-order valence-electron chi connectivity index (χ3n) is 1.02. The molecule has 1 aromatic rings. The van der Waals surface area contributed by atoms with Crippen LogP contribution in [0.4, 0.5) is 0 Å². The zero-order chi connectivity index (χ0) is 8.69. The molecule has 0 unspecified atom stereocenters. The molecule has 1 rings (SSSR count). The van der Waals surface area contributed by atoms with Crippen LogP contribution in [0.3, 0.4) is 0 Å². The highest BCUT2D eigenvalue weighted by Crippen LogP contribution is 2.02. The maximum Gasteiger partial charge on any atom is 0.144 e. The van der Waals surface area contributed by atoms with Crippen LogP contribution >= 0.6 is 0 Å². The molecule has 2 nitrogen and oxygen atoms in total. The van der Waals surface area contributed by atoms with E-state index in [4.69, 9.17) is 4.42 Å². The van der Waals surface area contributed by atoms with Crippen LogP contribution in [0.25, 0.3) is 0 Å². The minimum absolute atomic E-state index is 0.815. The lowest BCUT2D eigenvalue weighted by Gasteiger charge is -1.79.